The predicted molar refractivity (Wildman–Crippen MR) is 92.3 cm³/mol. The molecule has 2 aromatic rings. The molecule has 1 heteroatoms. The third kappa shape index (κ3) is 2.59. The Balaban J connectivity index is 1.60. The lowest BCUT2D eigenvalue weighted by Crippen LogP contribution is -2.15. The molecule has 114 valence electrons. The predicted octanol–water partition coefficient (Wildman–Crippen LogP) is 4.65. The van der Waals surface area contributed by atoms with Crippen molar-refractivity contribution in [3.63, 3.8) is 0 Å². The van der Waals surface area contributed by atoms with Crippen molar-refractivity contribution in [1.82, 2.24) is 4.90 Å². The van der Waals surface area contributed by atoms with Crippen molar-refractivity contribution in [3.8, 4) is 0 Å². The van der Waals surface area contributed by atoms with Gasteiger partial charge in [-0.2, -0.15) is 0 Å². The third-order valence-corrected chi connectivity index (χ3v) is 5.64. The zero-order chi connectivity index (χ0) is 14.9. The molecule has 2 aromatic carbocycles. The molecular formula is C21H25N. The summed E-state index contributed by atoms with van der Waals surface area (Å²) in [5.74, 6) is 2.23. The first kappa shape index (κ1) is 14.0. The molecule has 1 nitrogen and oxygen atoms in total. The standard InChI is InChI=1S/C21H25N/c1-22-12-11-16(15-22)13-18-14-21(17-7-3-2-4-8-17)20-10-6-5-9-19(18)20/h2-10,16,18,21H,11-15H2,1H3/t16-,18-,21-/m1/s1. The zero-order valence-corrected chi connectivity index (χ0v) is 13.4. The highest BCUT2D eigenvalue weighted by molar-refractivity contribution is 5.44. The van der Waals surface area contributed by atoms with Gasteiger partial charge in [0, 0.05) is 12.5 Å². The lowest BCUT2D eigenvalue weighted by atomic mass is 9.88. The number of hydrogen-bond acceptors (Lipinski definition) is 1. The van der Waals surface area contributed by atoms with Crippen LogP contribution in [0.4, 0.5) is 0 Å². The van der Waals surface area contributed by atoms with Crippen LogP contribution >= 0.6 is 0 Å². The van der Waals surface area contributed by atoms with E-state index in [-0.39, 0.29) is 0 Å². The SMILES string of the molecule is CN1CC[C@H](C[C@@H]2C[C@H](c3ccccc3)c3ccccc32)C1. The van der Waals surface area contributed by atoms with Gasteiger partial charge in [-0.1, -0.05) is 54.6 Å². The van der Waals surface area contributed by atoms with Crippen molar-refractivity contribution in [2.75, 3.05) is 20.1 Å². The molecule has 1 aliphatic heterocycles. The van der Waals surface area contributed by atoms with E-state index in [4.69, 9.17) is 0 Å². The van der Waals surface area contributed by atoms with Gasteiger partial charge in [-0.25, -0.2) is 0 Å². The van der Waals surface area contributed by atoms with E-state index < -0.39 is 0 Å². The maximum atomic E-state index is 2.49. The van der Waals surface area contributed by atoms with Gasteiger partial charge in [0.15, 0.2) is 0 Å². The molecule has 22 heavy (non-hydrogen) atoms. The van der Waals surface area contributed by atoms with E-state index in [1.165, 1.54) is 37.9 Å². The number of fused-ring (bicyclic) bond motifs is 1. The Morgan fingerprint density at radius 3 is 2.41 bits per heavy atom. The lowest BCUT2D eigenvalue weighted by molar-refractivity contribution is 0.374. The normalized spacial score (nSPS) is 28.0. The van der Waals surface area contributed by atoms with Crippen LogP contribution in [0.15, 0.2) is 54.6 Å². The zero-order valence-electron chi connectivity index (χ0n) is 13.4. The summed E-state index contributed by atoms with van der Waals surface area (Å²) < 4.78 is 0. The Labute approximate surface area is 134 Å². The smallest absolute Gasteiger partial charge is 0.00979 e. The molecule has 1 saturated heterocycles. The monoisotopic (exact) mass is 291 g/mol. The summed E-state index contributed by atoms with van der Waals surface area (Å²) in [5.41, 5.74) is 4.68. The fraction of sp³-hybridized carbons (Fsp3) is 0.429. The minimum absolute atomic E-state index is 0.599. The van der Waals surface area contributed by atoms with Crippen LogP contribution < -0.4 is 0 Å². The van der Waals surface area contributed by atoms with Gasteiger partial charge in [-0.15, -0.1) is 0 Å². The molecule has 0 radical (unpaired) electrons. The summed E-state index contributed by atoms with van der Waals surface area (Å²) in [6.07, 6.45) is 4.04. The van der Waals surface area contributed by atoms with Gasteiger partial charge in [0.1, 0.15) is 0 Å². The second kappa shape index (κ2) is 5.89. The van der Waals surface area contributed by atoms with Crippen molar-refractivity contribution in [2.45, 2.75) is 31.1 Å². The summed E-state index contributed by atoms with van der Waals surface area (Å²) in [6.45, 7) is 2.57. The minimum Gasteiger partial charge on any atom is -0.306 e. The highest BCUT2D eigenvalue weighted by Gasteiger charge is 2.34. The average Bonchev–Trinajstić information content (AvgIpc) is 3.13. The molecular weight excluding hydrogens is 266 g/mol. The highest BCUT2D eigenvalue weighted by Crippen LogP contribution is 2.48. The maximum absolute atomic E-state index is 2.49. The minimum atomic E-state index is 0.599. The summed E-state index contributed by atoms with van der Waals surface area (Å²) in [7, 11) is 2.26. The van der Waals surface area contributed by atoms with Gasteiger partial charge >= 0.3 is 0 Å². The Morgan fingerprint density at radius 2 is 1.68 bits per heavy atom. The van der Waals surface area contributed by atoms with Gasteiger partial charge < -0.3 is 4.90 Å². The van der Waals surface area contributed by atoms with Crippen LogP contribution in [-0.4, -0.2) is 25.0 Å². The van der Waals surface area contributed by atoms with E-state index in [1.54, 1.807) is 11.1 Å². The molecule has 4 rings (SSSR count). The molecule has 0 N–H and O–H groups in total. The van der Waals surface area contributed by atoms with Crippen molar-refractivity contribution in [1.29, 1.82) is 0 Å². The van der Waals surface area contributed by atoms with Crippen LogP contribution in [0.25, 0.3) is 0 Å². The van der Waals surface area contributed by atoms with Gasteiger partial charge in [0.2, 0.25) is 0 Å². The van der Waals surface area contributed by atoms with Crippen LogP contribution in [0, 0.1) is 5.92 Å². The third-order valence-electron chi connectivity index (χ3n) is 5.64. The van der Waals surface area contributed by atoms with Crippen molar-refractivity contribution >= 4 is 0 Å². The maximum Gasteiger partial charge on any atom is 0.00979 e. The van der Waals surface area contributed by atoms with E-state index in [9.17, 15) is 0 Å². The van der Waals surface area contributed by atoms with Gasteiger partial charge in [0.05, 0.1) is 0 Å². The number of rotatable bonds is 3. The van der Waals surface area contributed by atoms with Crippen LogP contribution in [0.1, 0.15) is 47.8 Å². The summed E-state index contributed by atoms with van der Waals surface area (Å²) in [4.78, 5) is 2.49. The van der Waals surface area contributed by atoms with Crippen LogP contribution in [0.3, 0.4) is 0 Å². The molecule has 1 aliphatic carbocycles. The molecule has 0 spiro atoms. The molecule has 0 aromatic heterocycles. The molecule has 3 atom stereocenters. The van der Waals surface area contributed by atoms with Gasteiger partial charge in [0.25, 0.3) is 0 Å². The van der Waals surface area contributed by atoms with Crippen LogP contribution in [-0.2, 0) is 0 Å². The van der Waals surface area contributed by atoms with Crippen LogP contribution in [0.5, 0.6) is 0 Å². The average molecular weight is 291 g/mol. The largest absolute Gasteiger partial charge is 0.306 e. The first-order chi connectivity index (χ1) is 10.8. The molecule has 0 bridgehead atoms. The van der Waals surface area contributed by atoms with Gasteiger partial charge in [-0.05, 0) is 61.4 Å². The quantitative estimate of drug-likeness (QED) is 0.796. The highest BCUT2D eigenvalue weighted by atomic mass is 15.1. The summed E-state index contributed by atoms with van der Waals surface area (Å²) in [5, 5.41) is 0. The Hall–Kier alpha value is -1.60. The van der Waals surface area contributed by atoms with Crippen molar-refractivity contribution in [2.24, 2.45) is 5.92 Å². The second-order valence-electron chi connectivity index (χ2n) is 7.18. The molecule has 0 unspecified atom stereocenters. The fourth-order valence-electron chi connectivity index (χ4n) is 4.58. The first-order valence-electron chi connectivity index (χ1n) is 8.63. The fourth-order valence-corrected chi connectivity index (χ4v) is 4.58. The van der Waals surface area contributed by atoms with Gasteiger partial charge in [-0.3, -0.25) is 0 Å². The number of hydrogen-bond donors (Lipinski definition) is 0. The number of likely N-dealkylation sites (tertiary alicyclic amines) is 1. The van der Waals surface area contributed by atoms with E-state index in [2.05, 4.69) is 66.5 Å². The van der Waals surface area contributed by atoms with Crippen molar-refractivity contribution in [3.05, 3.63) is 71.3 Å². The topological polar surface area (TPSA) is 3.24 Å². The molecule has 1 heterocycles. The molecule has 0 saturated carbocycles. The second-order valence-corrected chi connectivity index (χ2v) is 7.18. The van der Waals surface area contributed by atoms with Crippen molar-refractivity contribution < 1.29 is 0 Å². The Kier molecular flexibility index (Phi) is 3.75. The Bertz CT molecular complexity index is 633. The molecule has 1 fully saturated rings. The number of nitrogens with zero attached hydrogens (tertiary/aromatic N) is 1. The lowest BCUT2D eigenvalue weighted by Gasteiger charge is -2.17. The number of benzene rings is 2. The van der Waals surface area contributed by atoms with E-state index >= 15 is 0 Å². The summed E-state index contributed by atoms with van der Waals surface area (Å²) in [6, 6.07) is 20.2. The summed E-state index contributed by atoms with van der Waals surface area (Å²) >= 11 is 0. The Morgan fingerprint density at radius 1 is 0.955 bits per heavy atom. The van der Waals surface area contributed by atoms with E-state index in [0.29, 0.717) is 5.92 Å². The van der Waals surface area contributed by atoms with E-state index in [0.717, 1.165) is 11.8 Å². The molecule has 2 aliphatic rings. The molecule has 0 amide bonds. The van der Waals surface area contributed by atoms with E-state index in [1.807, 2.05) is 0 Å². The van der Waals surface area contributed by atoms with Crippen LogP contribution in [0.2, 0.25) is 0 Å². The first-order valence-corrected chi connectivity index (χ1v) is 8.63.